The van der Waals surface area contributed by atoms with Gasteiger partial charge in [0.15, 0.2) is 0 Å². The Morgan fingerprint density at radius 2 is 2.05 bits per heavy atom. The van der Waals surface area contributed by atoms with E-state index < -0.39 is 10.0 Å². The van der Waals surface area contributed by atoms with E-state index >= 15 is 0 Å². The lowest BCUT2D eigenvalue weighted by molar-refractivity contribution is -0.120. The number of hydrogen-bond donors (Lipinski definition) is 1. The second kappa shape index (κ2) is 7.11. The van der Waals surface area contributed by atoms with Crippen LogP contribution in [0.1, 0.15) is 19.8 Å². The van der Waals surface area contributed by atoms with Crippen LogP contribution in [0.4, 0.5) is 5.69 Å². The van der Waals surface area contributed by atoms with E-state index in [2.05, 4.69) is 5.32 Å². The number of sulfonamides is 1. The molecule has 0 radical (unpaired) electrons. The first-order valence-corrected chi connectivity index (χ1v) is 9.24. The normalized spacial score (nSPS) is 19.6. The van der Waals surface area contributed by atoms with Gasteiger partial charge in [0.05, 0.1) is 18.8 Å². The number of ether oxygens (including phenoxy) is 1. The lowest BCUT2D eigenvalue weighted by atomic mass is 9.99. The Balaban J connectivity index is 1.96. The Morgan fingerprint density at radius 1 is 1.36 bits per heavy atom. The summed E-state index contributed by atoms with van der Waals surface area (Å²) >= 11 is 0. The molecule has 0 bridgehead atoms. The maximum absolute atomic E-state index is 12.3. The molecule has 1 aliphatic rings. The predicted molar refractivity (Wildman–Crippen MR) is 85.4 cm³/mol. The number of hydrogen-bond acceptors (Lipinski definition) is 4. The summed E-state index contributed by atoms with van der Waals surface area (Å²) in [6.07, 6.45) is 2.59. The molecule has 1 aliphatic heterocycles. The van der Waals surface area contributed by atoms with Crippen LogP contribution in [0.5, 0.6) is 5.75 Å². The summed E-state index contributed by atoms with van der Waals surface area (Å²) in [6, 6.07) is 7.14. The lowest BCUT2D eigenvalue weighted by Crippen LogP contribution is -2.43. The van der Waals surface area contributed by atoms with Crippen LogP contribution in [0, 0.1) is 5.92 Å². The number of anilines is 1. The summed E-state index contributed by atoms with van der Waals surface area (Å²) in [7, 11) is -3.24. The minimum absolute atomic E-state index is 0.141. The van der Waals surface area contributed by atoms with Crippen LogP contribution >= 0.6 is 0 Å². The number of piperidine rings is 1. The summed E-state index contributed by atoms with van der Waals surface area (Å²) in [5.41, 5.74) is 0.685. The molecule has 1 atom stereocenters. The van der Waals surface area contributed by atoms with Crippen LogP contribution in [-0.4, -0.2) is 44.6 Å². The molecule has 2 rings (SSSR count). The van der Waals surface area contributed by atoms with Crippen molar-refractivity contribution < 1.29 is 17.9 Å². The minimum Gasteiger partial charge on any atom is -0.494 e. The van der Waals surface area contributed by atoms with Crippen LogP contribution in [-0.2, 0) is 14.8 Å². The molecular formula is C15H22N2O4S. The molecule has 6 nitrogen and oxygen atoms in total. The number of rotatable bonds is 5. The molecule has 0 spiro atoms. The predicted octanol–water partition coefficient (Wildman–Crippen LogP) is 1.70. The monoisotopic (exact) mass is 326 g/mol. The van der Waals surface area contributed by atoms with Gasteiger partial charge >= 0.3 is 0 Å². The van der Waals surface area contributed by atoms with Crippen LogP contribution in [0.2, 0.25) is 0 Å². The number of nitrogens with one attached hydrogen (secondary N) is 1. The van der Waals surface area contributed by atoms with Crippen molar-refractivity contribution >= 4 is 21.6 Å². The molecule has 0 aliphatic carbocycles. The van der Waals surface area contributed by atoms with Crippen LogP contribution < -0.4 is 10.1 Å². The van der Waals surface area contributed by atoms with Crippen molar-refractivity contribution in [3.63, 3.8) is 0 Å². The Hall–Kier alpha value is -1.60. The Kier molecular flexibility index (Phi) is 5.42. The first-order chi connectivity index (χ1) is 10.4. The zero-order valence-corrected chi connectivity index (χ0v) is 13.7. The van der Waals surface area contributed by atoms with Gasteiger partial charge in [0, 0.05) is 18.8 Å². The maximum atomic E-state index is 12.3. The largest absolute Gasteiger partial charge is 0.494 e. The smallest absolute Gasteiger partial charge is 0.228 e. The average Bonchev–Trinajstić information content (AvgIpc) is 2.49. The average molecular weight is 326 g/mol. The van der Waals surface area contributed by atoms with Gasteiger partial charge in [-0.3, -0.25) is 4.79 Å². The van der Waals surface area contributed by atoms with E-state index in [1.165, 1.54) is 10.6 Å². The van der Waals surface area contributed by atoms with E-state index in [0.29, 0.717) is 31.7 Å². The molecule has 1 amide bonds. The zero-order valence-electron chi connectivity index (χ0n) is 12.9. The molecule has 1 saturated heterocycles. The highest BCUT2D eigenvalue weighted by Crippen LogP contribution is 2.21. The third-order valence-electron chi connectivity index (χ3n) is 3.66. The fraction of sp³-hybridized carbons (Fsp3) is 0.533. The second-order valence-corrected chi connectivity index (χ2v) is 7.39. The second-order valence-electron chi connectivity index (χ2n) is 5.41. The SMILES string of the molecule is CCOc1ccc(NC(=O)C2CCCN(S(C)(=O)=O)C2)cc1. The van der Waals surface area contributed by atoms with Crippen molar-refractivity contribution in [3.8, 4) is 5.75 Å². The third-order valence-corrected chi connectivity index (χ3v) is 4.93. The van der Waals surface area contributed by atoms with E-state index in [9.17, 15) is 13.2 Å². The molecule has 0 aromatic heterocycles. The highest BCUT2D eigenvalue weighted by molar-refractivity contribution is 7.88. The van der Waals surface area contributed by atoms with E-state index in [-0.39, 0.29) is 18.4 Å². The molecule has 1 heterocycles. The number of nitrogens with zero attached hydrogens (tertiary/aromatic N) is 1. The Bertz CT molecular complexity index is 613. The van der Waals surface area contributed by atoms with Gasteiger partial charge in [-0.25, -0.2) is 12.7 Å². The Morgan fingerprint density at radius 3 is 2.64 bits per heavy atom. The van der Waals surface area contributed by atoms with Crippen molar-refractivity contribution in [2.45, 2.75) is 19.8 Å². The number of benzene rings is 1. The van der Waals surface area contributed by atoms with E-state index in [4.69, 9.17) is 4.74 Å². The molecule has 1 fully saturated rings. The van der Waals surface area contributed by atoms with Crippen molar-refractivity contribution in [2.75, 3.05) is 31.3 Å². The number of amides is 1. The fourth-order valence-electron chi connectivity index (χ4n) is 2.50. The van der Waals surface area contributed by atoms with Crippen LogP contribution in [0.15, 0.2) is 24.3 Å². The molecule has 0 saturated carbocycles. The molecule has 1 N–H and O–H groups in total. The highest BCUT2D eigenvalue weighted by atomic mass is 32.2. The van der Waals surface area contributed by atoms with Crippen molar-refractivity contribution in [2.24, 2.45) is 5.92 Å². The number of carbonyl (C=O) groups is 1. The van der Waals surface area contributed by atoms with Gasteiger partial charge in [0.1, 0.15) is 5.75 Å². The summed E-state index contributed by atoms with van der Waals surface area (Å²) in [5.74, 6) is 0.300. The Labute approximate surface area is 131 Å². The quantitative estimate of drug-likeness (QED) is 0.893. The topological polar surface area (TPSA) is 75.7 Å². The molecule has 22 heavy (non-hydrogen) atoms. The molecule has 122 valence electrons. The molecule has 1 aromatic carbocycles. The van der Waals surface area contributed by atoms with Gasteiger partial charge in [-0.2, -0.15) is 0 Å². The van der Waals surface area contributed by atoms with E-state index in [1.807, 2.05) is 6.92 Å². The van der Waals surface area contributed by atoms with E-state index in [1.54, 1.807) is 24.3 Å². The van der Waals surface area contributed by atoms with E-state index in [0.717, 1.165) is 5.75 Å². The van der Waals surface area contributed by atoms with Crippen molar-refractivity contribution in [1.29, 1.82) is 0 Å². The minimum atomic E-state index is -3.24. The molecule has 7 heteroatoms. The van der Waals surface area contributed by atoms with Gasteiger partial charge in [0.25, 0.3) is 0 Å². The first-order valence-electron chi connectivity index (χ1n) is 7.39. The molecule has 1 aromatic rings. The first kappa shape index (κ1) is 16.8. The standard InChI is InChI=1S/C15H22N2O4S/c1-3-21-14-8-6-13(7-9-14)16-15(18)12-5-4-10-17(11-12)22(2,19)20/h6-9,12H,3-5,10-11H2,1-2H3,(H,16,18). The summed E-state index contributed by atoms with van der Waals surface area (Å²) in [4.78, 5) is 12.3. The highest BCUT2D eigenvalue weighted by Gasteiger charge is 2.30. The van der Waals surface area contributed by atoms with Gasteiger partial charge in [-0.15, -0.1) is 0 Å². The van der Waals surface area contributed by atoms with Crippen molar-refractivity contribution in [1.82, 2.24) is 4.31 Å². The number of carbonyl (C=O) groups excluding carboxylic acids is 1. The van der Waals surface area contributed by atoms with Crippen molar-refractivity contribution in [3.05, 3.63) is 24.3 Å². The van der Waals surface area contributed by atoms with Gasteiger partial charge < -0.3 is 10.1 Å². The van der Waals surface area contributed by atoms with Crippen LogP contribution in [0.3, 0.4) is 0 Å². The lowest BCUT2D eigenvalue weighted by Gasteiger charge is -2.30. The van der Waals surface area contributed by atoms with Gasteiger partial charge in [-0.1, -0.05) is 0 Å². The summed E-state index contributed by atoms with van der Waals surface area (Å²) in [6.45, 7) is 3.24. The molecular weight excluding hydrogens is 304 g/mol. The zero-order chi connectivity index (χ0) is 16.2. The van der Waals surface area contributed by atoms with Crippen LogP contribution in [0.25, 0.3) is 0 Å². The fourth-order valence-corrected chi connectivity index (χ4v) is 3.41. The molecule has 1 unspecified atom stereocenters. The summed E-state index contributed by atoms with van der Waals surface area (Å²) in [5, 5.41) is 2.84. The van der Waals surface area contributed by atoms with Gasteiger partial charge in [-0.05, 0) is 44.0 Å². The summed E-state index contributed by atoms with van der Waals surface area (Å²) < 4.78 is 29.9. The maximum Gasteiger partial charge on any atom is 0.228 e. The third kappa shape index (κ3) is 4.45. The van der Waals surface area contributed by atoms with Gasteiger partial charge in [0.2, 0.25) is 15.9 Å².